The van der Waals surface area contributed by atoms with E-state index in [4.69, 9.17) is 4.74 Å². The number of carbonyl (C=O) groups excluding carboxylic acids is 2. The summed E-state index contributed by atoms with van der Waals surface area (Å²) in [6.07, 6.45) is 2.17. The number of nitrogens with zero attached hydrogens (tertiary/aromatic N) is 2. The number of hydrogen-bond donors (Lipinski definition) is 2. The standard InChI is InChI=1S/C19H23FN4O3/c1-11(2)15(18(25)27-3)23-19(26)24-8-7-14-16(22-10-21-14)17(24)12-5-4-6-13(20)9-12/h4-6,9-11,15,17H,7-8H2,1-3H3,(H,21,22)(H,23,26). The molecule has 1 aromatic heterocycles. The molecule has 0 saturated heterocycles. The number of amides is 2. The summed E-state index contributed by atoms with van der Waals surface area (Å²) in [7, 11) is 1.29. The van der Waals surface area contributed by atoms with Crippen LogP contribution in [0, 0.1) is 11.7 Å². The molecule has 1 aromatic carbocycles. The van der Waals surface area contributed by atoms with Gasteiger partial charge >= 0.3 is 12.0 Å². The lowest BCUT2D eigenvalue weighted by molar-refractivity contribution is -0.144. The van der Waals surface area contributed by atoms with Crippen LogP contribution in [0.4, 0.5) is 9.18 Å². The topological polar surface area (TPSA) is 87.3 Å². The van der Waals surface area contributed by atoms with Crippen LogP contribution in [0.15, 0.2) is 30.6 Å². The van der Waals surface area contributed by atoms with Crippen LogP contribution in [0.2, 0.25) is 0 Å². The molecule has 1 aliphatic heterocycles. The van der Waals surface area contributed by atoms with E-state index in [0.29, 0.717) is 24.2 Å². The van der Waals surface area contributed by atoms with Crippen molar-refractivity contribution in [2.24, 2.45) is 5.92 Å². The van der Waals surface area contributed by atoms with E-state index < -0.39 is 24.1 Å². The van der Waals surface area contributed by atoms with Gasteiger partial charge in [0.25, 0.3) is 0 Å². The number of nitrogens with one attached hydrogen (secondary N) is 2. The van der Waals surface area contributed by atoms with Gasteiger partial charge in [-0.1, -0.05) is 26.0 Å². The molecule has 2 amide bonds. The van der Waals surface area contributed by atoms with Crippen molar-refractivity contribution in [3.8, 4) is 0 Å². The van der Waals surface area contributed by atoms with E-state index >= 15 is 0 Å². The predicted molar refractivity (Wildman–Crippen MR) is 96.4 cm³/mol. The lowest BCUT2D eigenvalue weighted by atomic mass is 9.95. The number of methoxy groups -OCH3 is 1. The van der Waals surface area contributed by atoms with Gasteiger partial charge in [-0.15, -0.1) is 0 Å². The molecule has 2 N–H and O–H groups in total. The number of H-pyrrole nitrogens is 1. The van der Waals surface area contributed by atoms with Crippen LogP contribution in [0.1, 0.15) is 36.8 Å². The van der Waals surface area contributed by atoms with Gasteiger partial charge < -0.3 is 19.9 Å². The molecule has 0 bridgehead atoms. The fraction of sp³-hybridized carbons (Fsp3) is 0.421. The quantitative estimate of drug-likeness (QED) is 0.805. The molecule has 1 aliphatic rings. The molecule has 0 saturated carbocycles. The van der Waals surface area contributed by atoms with Gasteiger partial charge in [-0.25, -0.2) is 19.0 Å². The van der Waals surface area contributed by atoms with Crippen molar-refractivity contribution in [2.45, 2.75) is 32.4 Å². The molecule has 8 heteroatoms. The summed E-state index contributed by atoms with van der Waals surface area (Å²) in [5.41, 5.74) is 2.22. The summed E-state index contributed by atoms with van der Waals surface area (Å²) in [5.74, 6) is -1.02. The number of urea groups is 1. The Morgan fingerprint density at radius 2 is 2.19 bits per heavy atom. The predicted octanol–water partition coefficient (Wildman–Crippen LogP) is 2.40. The highest BCUT2D eigenvalue weighted by Gasteiger charge is 2.36. The molecule has 0 radical (unpaired) electrons. The van der Waals surface area contributed by atoms with Crippen molar-refractivity contribution in [1.29, 1.82) is 0 Å². The highest BCUT2D eigenvalue weighted by Crippen LogP contribution is 2.33. The van der Waals surface area contributed by atoms with Gasteiger partial charge in [0, 0.05) is 18.7 Å². The SMILES string of the molecule is COC(=O)C(NC(=O)N1CCc2[nH]cnc2C1c1cccc(F)c1)C(C)C. The third-order valence-corrected chi connectivity index (χ3v) is 4.75. The number of benzene rings is 1. The molecule has 7 nitrogen and oxygen atoms in total. The van der Waals surface area contributed by atoms with Crippen LogP contribution in [0.25, 0.3) is 0 Å². The molecule has 0 spiro atoms. The van der Waals surface area contributed by atoms with E-state index in [9.17, 15) is 14.0 Å². The summed E-state index contributed by atoms with van der Waals surface area (Å²) in [6, 6.07) is 4.40. The van der Waals surface area contributed by atoms with Gasteiger partial charge in [-0.3, -0.25) is 0 Å². The number of imidazole rings is 1. The van der Waals surface area contributed by atoms with Gasteiger partial charge in [0.1, 0.15) is 17.9 Å². The Morgan fingerprint density at radius 1 is 1.41 bits per heavy atom. The Kier molecular flexibility index (Phi) is 5.43. The highest BCUT2D eigenvalue weighted by atomic mass is 19.1. The van der Waals surface area contributed by atoms with E-state index in [1.165, 1.54) is 19.2 Å². The zero-order valence-corrected chi connectivity index (χ0v) is 15.5. The first-order chi connectivity index (χ1) is 12.9. The Labute approximate surface area is 156 Å². The number of hydrogen-bond acceptors (Lipinski definition) is 4. The zero-order chi connectivity index (χ0) is 19.6. The molecule has 27 heavy (non-hydrogen) atoms. The molecule has 144 valence electrons. The van der Waals surface area contributed by atoms with Crippen molar-refractivity contribution in [1.82, 2.24) is 20.2 Å². The molecular weight excluding hydrogens is 351 g/mol. The van der Waals surface area contributed by atoms with Crippen LogP contribution in [0.3, 0.4) is 0 Å². The minimum atomic E-state index is -0.767. The number of fused-ring (bicyclic) bond motifs is 1. The van der Waals surface area contributed by atoms with Crippen LogP contribution in [-0.4, -0.2) is 46.6 Å². The first-order valence-corrected chi connectivity index (χ1v) is 8.85. The van der Waals surface area contributed by atoms with Crippen LogP contribution in [0.5, 0.6) is 0 Å². The second kappa shape index (κ2) is 7.77. The minimum absolute atomic E-state index is 0.139. The van der Waals surface area contributed by atoms with Gasteiger partial charge in [-0.2, -0.15) is 0 Å². The lowest BCUT2D eigenvalue weighted by Gasteiger charge is -2.36. The summed E-state index contributed by atoms with van der Waals surface area (Å²) in [6.45, 7) is 4.07. The normalized spacial score (nSPS) is 17.4. The fourth-order valence-corrected chi connectivity index (χ4v) is 3.35. The molecular formula is C19H23FN4O3. The third kappa shape index (κ3) is 3.79. The Hall–Kier alpha value is -2.90. The summed E-state index contributed by atoms with van der Waals surface area (Å²) >= 11 is 0. The van der Waals surface area contributed by atoms with Crippen molar-refractivity contribution in [2.75, 3.05) is 13.7 Å². The maximum absolute atomic E-state index is 13.8. The largest absolute Gasteiger partial charge is 0.467 e. The monoisotopic (exact) mass is 374 g/mol. The maximum Gasteiger partial charge on any atom is 0.328 e. The minimum Gasteiger partial charge on any atom is -0.467 e. The number of rotatable bonds is 4. The Bertz CT molecular complexity index is 836. The van der Waals surface area contributed by atoms with Gasteiger partial charge in [0.15, 0.2) is 0 Å². The number of halogens is 1. The van der Waals surface area contributed by atoms with E-state index in [1.54, 1.807) is 23.4 Å². The molecule has 0 fully saturated rings. The smallest absolute Gasteiger partial charge is 0.328 e. The number of esters is 1. The summed E-state index contributed by atoms with van der Waals surface area (Å²) in [4.78, 5) is 34.0. The molecule has 2 heterocycles. The van der Waals surface area contributed by atoms with E-state index in [0.717, 1.165) is 5.69 Å². The van der Waals surface area contributed by atoms with Crippen molar-refractivity contribution < 1.29 is 18.7 Å². The summed E-state index contributed by atoms with van der Waals surface area (Å²) < 4.78 is 18.6. The average Bonchev–Trinajstić information content (AvgIpc) is 3.12. The maximum atomic E-state index is 13.8. The highest BCUT2D eigenvalue weighted by molar-refractivity contribution is 5.84. The van der Waals surface area contributed by atoms with E-state index in [2.05, 4.69) is 15.3 Å². The van der Waals surface area contributed by atoms with Crippen molar-refractivity contribution in [3.63, 3.8) is 0 Å². The summed E-state index contributed by atoms with van der Waals surface area (Å²) in [5, 5.41) is 2.75. The van der Waals surface area contributed by atoms with Crippen LogP contribution < -0.4 is 5.32 Å². The van der Waals surface area contributed by atoms with Gasteiger partial charge in [0.05, 0.1) is 19.1 Å². The number of ether oxygens (including phenoxy) is 1. The van der Waals surface area contributed by atoms with Crippen LogP contribution in [-0.2, 0) is 16.0 Å². The van der Waals surface area contributed by atoms with Crippen molar-refractivity contribution in [3.05, 3.63) is 53.4 Å². The molecule has 3 rings (SSSR count). The Balaban J connectivity index is 1.93. The number of carbonyl (C=O) groups is 2. The van der Waals surface area contributed by atoms with Crippen LogP contribution >= 0.6 is 0 Å². The van der Waals surface area contributed by atoms with E-state index in [1.807, 2.05) is 13.8 Å². The second-order valence-corrected chi connectivity index (χ2v) is 6.86. The van der Waals surface area contributed by atoms with Crippen molar-refractivity contribution >= 4 is 12.0 Å². The van der Waals surface area contributed by atoms with E-state index in [-0.39, 0.29) is 11.7 Å². The van der Waals surface area contributed by atoms with Gasteiger partial charge in [0.2, 0.25) is 0 Å². The molecule has 0 aliphatic carbocycles. The average molecular weight is 374 g/mol. The zero-order valence-electron chi connectivity index (χ0n) is 15.5. The molecule has 2 unspecified atom stereocenters. The van der Waals surface area contributed by atoms with Gasteiger partial charge in [-0.05, 0) is 23.6 Å². The third-order valence-electron chi connectivity index (χ3n) is 4.75. The second-order valence-electron chi connectivity index (χ2n) is 6.86. The lowest BCUT2D eigenvalue weighted by Crippen LogP contribution is -2.53. The molecule has 2 atom stereocenters. The number of aromatic nitrogens is 2. The first-order valence-electron chi connectivity index (χ1n) is 8.85. The fourth-order valence-electron chi connectivity index (χ4n) is 3.35. The first kappa shape index (κ1) is 18.9. The number of aromatic amines is 1. The Morgan fingerprint density at radius 3 is 2.85 bits per heavy atom. The molecule has 2 aromatic rings.